The molecule has 32 heavy (non-hydrogen) atoms. The van der Waals surface area contributed by atoms with Crippen LogP contribution in [-0.2, 0) is 38.3 Å². The number of nitrogens with two attached hydrogens (primary N) is 1. The van der Waals surface area contributed by atoms with Gasteiger partial charge >= 0.3 is 0 Å². The molecule has 10 nitrogen and oxygen atoms in total. The van der Waals surface area contributed by atoms with Crippen LogP contribution >= 0.6 is 0 Å². The monoisotopic (exact) mass is 479 g/mol. The van der Waals surface area contributed by atoms with Crippen molar-refractivity contribution in [3.8, 4) is 0 Å². The van der Waals surface area contributed by atoms with Gasteiger partial charge in [0.15, 0.2) is 0 Å². The van der Waals surface area contributed by atoms with E-state index in [1.165, 1.54) is 32.3 Å². The Morgan fingerprint density at radius 3 is 2.44 bits per heavy atom. The molecule has 2 aromatic carbocycles. The van der Waals surface area contributed by atoms with Crippen molar-refractivity contribution in [2.75, 3.05) is 19.4 Å². The number of primary sulfonamides is 1. The first-order chi connectivity index (χ1) is 14.8. The maximum absolute atomic E-state index is 12.4. The van der Waals surface area contributed by atoms with Crippen LogP contribution in [0.3, 0.4) is 0 Å². The molecule has 0 unspecified atom stereocenters. The summed E-state index contributed by atoms with van der Waals surface area (Å²) in [5, 5.41) is 7.87. The number of aryl methyl sites for hydroxylation is 3. The number of anilines is 1. The van der Waals surface area contributed by atoms with Gasteiger partial charge in [-0.25, -0.2) is 31.3 Å². The van der Waals surface area contributed by atoms with E-state index in [0.717, 1.165) is 9.82 Å². The maximum Gasteiger partial charge on any atom is 0.242 e. The fourth-order valence-electron chi connectivity index (χ4n) is 3.26. The molecule has 0 aliphatic heterocycles. The molecule has 12 heteroatoms. The van der Waals surface area contributed by atoms with Gasteiger partial charge in [0.2, 0.25) is 26.0 Å². The van der Waals surface area contributed by atoms with Crippen LogP contribution in [0.2, 0.25) is 0 Å². The number of imidazole rings is 1. The molecule has 1 heterocycles. The maximum atomic E-state index is 12.4. The Balaban J connectivity index is 1.76. The number of carbonyl (C=O) groups is 1. The molecule has 0 fully saturated rings. The van der Waals surface area contributed by atoms with Gasteiger partial charge in [-0.15, -0.1) is 0 Å². The average Bonchev–Trinajstić information content (AvgIpc) is 3.02. The lowest BCUT2D eigenvalue weighted by molar-refractivity contribution is -0.116. The van der Waals surface area contributed by atoms with E-state index in [2.05, 4.69) is 10.3 Å². The first-order valence-electron chi connectivity index (χ1n) is 9.62. The second-order valence-electron chi connectivity index (χ2n) is 7.60. The van der Waals surface area contributed by atoms with Crippen molar-refractivity contribution >= 4 is 42.7 Å². The fraction of sp³-hybridized carbons (Fsp3) is 0.300. The lowest BCUT2D eigenvalue weighted by Gasteiger charge is -2.11. The number of rotatable bonds is 7. The summed E-state index contributed by atoms with van der Waals surface area (Å²) < 4.78 is 51.0. The number of aromatic nitrogens is 2. The third-order valence-electron chi connectivity index (χ3n) is 5.08. The summed E-state index contributed by atoms with van der Waals surface area (Å²) in [6, 6.07) is 9.21. The third kappa shape index (κ3) is 4.83. The number of carbonyl (C=O) groups excluding carboxylic acids is 1. The molecule has 172 valence electrons. The van der Waals surface area contributed by atoms with E-state index >= 15 is 0 Å². The summed E-state index contributed by atoms with van der Waals surface area (Å²) in [6.07, 6.45) is 0.402. The van der Waals surface area contributed by atoms with Gasteiger partial charge in [0.25, 0.3) is 0 Å². The van der Waals surface area contributed by atoms with Gasteiger partial charge in [-0.2, -0.15) is 0 Å². The van der Waals surface area contributed by atoms with Crippen LogP contribution in [0.15, 0.2) is 46.2 Å². The summed E-state index contributed by atoms with van der Waals surface area (Å²) in [7, 11) is -2.77. The largest absolute Gasteiger partial charge is 0.331 e. The topological polar surface area (TPSA) is 144 Å². The van der Waals surface area contributed by atoms with Crippen molar-refractivity contribution in [2.24, 2.45) is 12.2 Å². The van der Waals surface area contributed by atoms with Crippen LogP contribution in [0, 0.1) is 6.92 Å². The van der Waals surface area contributed by atoms with Gasteiger partial charge in [-0.1, -0.05) is 6.07 Å². The second-order valence-corrected chi connectivity index (χ2v) is 11.3. The highest BCUT2D eigenvalue weighted by atomic mass is 32.2. The molecule has 0 atom stereocenters. The molecule has 3 rings (SSSR count). The molecule has 0 aliphatic rings. The zero-order valence-corrected chi connectivity index (χ0v) is 19.8. The van der Waals surface area contributed by atoms with Crippen LogP contribution in [0.5, 0.6) is 0 Å². The molecule has 1 amide bonds. The van der Waals surface area contributed by atoms with Gasteiger partial charge in [-0.3, -0.25) is 4.79 Å². The van der Waals surface area contributed by atoms with Crippen LogP contribution in [0.1, 0.15) is 17.8 Å². The third-order valence-corrected chi connectivity index (χ3v) is 7.94. The van der Waals surface area contributed by atoms with Gasteiger partial charge in [0, 0.05) is 39.7 Å². The first-order valence-corrected chi connectivity index (χ1v) is 12.6. The van der Waals surface area contributed by atoms with Gasteiger partial charge in [0.1, 0.15) is 5.82 Å². The van der Waals surface area contributed by atoms with Crippen molar-refractivity contribution in [1.29, 1.82) is 0 Å². The van der Waals surface area contributed by atoms with Crippen LogP contribution in [0.4, 0.5) is 5.69 Å². The molecular formula is C20H25N5O5S2. The van der Waals surface area contributed by atoms with Gasteiger partial charge in [0.05, 0.1) is 20.8 Å². The Bertz CT molecular complexity index is 1410. The number of nitrogens with zero attached hydrogens (tertiary/aromatic N) is 3. The zero-order chi connectivity index (χ0) is 23.8. The normalized spacial score (nSPS) is 12.4. The van der Waals surface area contributed by atoms with Crippen molar-refractivity contribution in [1.82, 2.24) is 13.9 Å². The van der Waals surface area contributed by atoms with E-state index in [9.17, 15) is 21.6 Å². The van der Waals surface area contributed by atoms with E-state index in [4.69, 9.17) is 5.14 Å². The lowest BCUT2D eigenvalue weighted by Crippen LogP contribution is -2.22. The highest BCUT2D eigenvalue weighted by Crippen LogP contribution is 2.22. The van der Waals surface area contributed by atoms with E-state index in [0.29, 0.717) is 29.0 Å². The van der Waals surface area contributed by atoms with Crippen LogP contribution < -0.4 is 10.5 Å². The molecule has 0 saturated heterocycles. The predicted molar refractivity (Wildman–Crippen MR) is 121 cm³/mol. The van der Waals surface area contributed by atoms with Crippen LogP contribution in [-0.4, -0.2) is 50.7 Å². The average molecular weight is 480 g/mol. The van der Waals surface area contributed by atoms with E-state index < -0.39 is 20.0 Å². The standard InChI is InChI=1S/C20H25N5O5S2/c1-13-5-6-14(11-18(13)31(21,27)28)22-20(26)10-9-19-23-16-12-15(32(29,30)24(2)3)7-8-17(16)25(19)4/h5-8,11-12H,9-10H2,1-4H3,(H,22,26)(H2,21,27,28). The molecule has 0 bridgehead atoms. The number of nitrogens with one attached hydrogen (secondary N) is 1. The minimum atomic E-state index is -3.90. The molecule has 3 N–H and O–H groups in total. The molecule has 0 spiro atoms. The second kappa shape index (κ2) is 8.62. The molecule has 0 radical (unpaired) electrons. The Morgan fingerprint density at radius 1 is 1.12 bits per heavy atom. The summed E-state index contributed by atoms with van der Waals surface area (Å²) in [6.45, 7) is 1.62. The van der Waals surface area contributed by atoms with E-state index in [1.54, 1.807) is 36.7 Å². The van der Waals surface area contributed by atoms with Crippen LogP contribution in [0.25, 0.3) is 11.0 Å². The Morgan fingerprint density at radius 2 is 1.81 bits per heavy atom. The first kappa shape index (κ1) is 23.9. The van der Waals surface area contributed by atoms with Crippen molar-refractivity contribution in [3.63, 3.8) is 0 Å². The Hall–Kier alpha value is -2.80. The van der Waals surface area contributed by atoms with Crippen molar-refractivity contribution < 1.29 is 21.6 Å². The van der Waals surface area contributed by atoms with Crippen molar-refractivity contribution in [2.45, 2.75) is 29.6 Å². The molecule has 0 saturated carbocycles. The number of fused-ring (bicyclic) bond motifs is 1. The minimum absolute atomic E-state index is 0.0471. The van der Waals surface area contributed by atoms with Crippen molar-refractivity contribution in [3.05, 3.63) is 47.8 Å². The fourth-order valence-corrected chi connectivity index (χ4v) is 4.99. The molecular weight excluding hydrogens is 454 g/mol. The summed E-state index contributed by atoms with van der Waals surface area (Å²) >= 11 is 0. The Labute approximate surface area is 187 Å². The molecule has 3 aromatic rings. The number of benzene rings is 2. The van der Waals surface area contributed by atoms with Gasteiger partial charge in [-0.05, 0) is 42.8 Å². The Kier molecular flexibility index (Phi) is 6.43. The highest BCUT2D eigenvalue weighted by Gasteiger charge is 2.19. The zero-order valence-electron chi connectivity index (χ0n) is 18.2. The number of amides is 1. The van der Waals surface area contributed by atoms with Gasteiger partial charge < -0.3 is 9.88 Å². The number of sulfonamides is 2. The highest BCUT2D eigenvalue weighted by molar-refractivity contribution is 7.89. The number of hydrogen-bond acceptors (Lipinski definition) is 6. The molecule has 1 aromatic heterocycles. The number of hydrogen-bond donors (Lipinski definition) is 2. The summed E-state index contributed by atoms with van der Waals surface area (Å²) in [4.78, 5) is 17.0. The quantitative estimate of drug-likeness (QED) is 0.523. The minimum Gasteiger partial charge on any atom is -0.331 e. The summed E-state index contributed by atoms with van der Waals surface area (Å²) in [5.41, 5.74) is 2.07. The smallest absolute Gasteiger partial charge is 0.242 e. The predicted octanol–water partition coefficient (Wildman–Crippen LogP) is 1.35. The SMILES string of the molecule is Cc1ccc(NC(=O)CCc2nc3cc(S(=O)(=O)N(C)C)ccc3n2C)cc1S(N)(=O)=O. The van der Waals surface area contributed by atoms with E-state index in [1.807, 2.05) is 0 Å². The summed E-state index contributed by atoms with van der Waals surface area (Å²) in [5.74, 6) is 0.292. The van der Waals surface area contributed by atoms with E-state index in [-0.39, 0.29) is 22.1 Å². The lowest BCUT2D eigenvalue weighted by atomic mass is 10.2. The molecule has 0 aliphatic carbocycles.